The number of carboxylic acid groups (broad SMARTS) is 1. The van der Waals surface area contributed by atoms with E-state index in [-0.39, 0.29) is 13.0 Å². The van der Waals surface area contributed by atoms with E-state index in [1.165, 1.54) is 4.90 Å². The highest BCUT2D eigenvalue weighted by Gasteiger charge is 2.46. The lowest BCUT2D eigenvalue weighted by Gasteiger charge is -2.35. The number of carbonyl (C=O) groups is 3. The first kappa shape index (κ1) is 30.6. The highest BCUT2D eigenvalue weighted by atomic mass is 16.6. The van der Waals surface area contributed by atoms with Crippen LogP contribution in [0.1, 0.15) is 48.0 Å². The highest BCUT2D eigenvalue weighted by Crippen LogP contribution is 2.35. The minimum atomic E-state index is -1.14. The molecule has 2 N–H and O–H groups in total. The maximum atomic E-state index is 13.8. The summed E-state index contributed by atoms with van der Waals surface area (Å²) >= 11 is 0. The molecule has 3 aromatic rings. The summed E-state index contributed by atoms with van der Waals surface area (Å²) in [5.41, 5.74) is 0.741. The fraction of sp³-hybridized carbons (Fsp3) is 0.438. The number of pyridine rings is 1. The molecule has 1 fully saturated rings. The Labute approximate surface area is 246 Å². The number of aliphatic carboxylic acids is 1. The first-order valence-electron chi connectivity index (χ1n) is 13.9. The summed E-state index contributed by atoms with van der Waals surface area (Å²) in [4.78, 5) is 44.9. The summed E-state index contributed by atoms with van der Waals surface area (Å²) < 4.78 is 17.2. The van der Waals surface area contributed by atoms with Gasteiger partial charge < -0.3 is 29.5 Å². The van der Waals surface area contributed by atoms with Crippen molar-refractivity contribution in [3.63, 3.8) is 0 Å². The number of hydrogen-bond acceptors (Lipinski definition) is 7. The Morgan fingerprint density at radius 3 is 2.31 bits per heavy atom. The van der Waals surface area contributed by atoms with Crippen LogP contribution in [0.2, 0.25) is 0 Å². The molecule has 1 aliphatic heterocycles. The second kappa shape index (κ2) is 11.9. The maximum Gasteiger partial charge on any atom is 0.408 e. The van der Waals surface area contributed by atoms with Crippen LogP contribution >= 0.6 is 0 Å². The molecule has 10 heteroatoms. The van der Waals surface area contributed by atoms with E-state index < -0.39 is 47.2 Å². The molecule has 2 heterocycles. The molecule has 2 aromatic carbocycles. The number of fused-ring (bicyclic) bond motifs is 1. The fourth-order valence-corrected chi connectivity index (χ4v) is 4.94. The van der Waals surface area contributed by atoms with Crippen LogP contribution in [0, 0.1) is 5.41 Å². The third kappa shape index (κ3) is 7.10. The third-order valence-electron chi connectivity index (χ3n) is 6.95. The Morgan fingerprint density at radius 1 is 1.02 bits per heavy atom. The second-order valence-corrected chi connectivity index (χ2v) is 12.5. The summed E-state index contributed by atoms with van der Waals surface area (Å²) in [7, 11) is 1.58. The molecule has 1 aromatic heterocycles. The second-order valence-electron chi connectivity index (χ2n) is 12.5. The maximum absolute atomic E-state index is 13.8. The van der Waals surface area contributed by atoms with Crippen molar-refractivity contribution in [2.75, 3.05) is 13.7 Å². The highest BCUT2D eigenvalue weighted by molar-refractivity contribution is 5.91. The topological polar surface area (TPSA) is 127 Å². The molecule has 0 radical (unpaired) electrons. The van der Waals surface area contributed by atoms with E-state index in [4.69, 9.17) is 19.2 Å². The molecule has 1 aliphatic rings. The van der Waals surface area contributed by atoms with Crippen molar-refractivity contribution in [3.05, 3.63) is 54.6 Å². The minimum Gasteiger partial charge on any atom is -0.497 e. The van der Waals surface area contributed by atoms with E-state index in [1.807, 2.05) is 48.5 Å². The zero-order chi connectivity index (χ0) is 30.8. The van der Waals surface area contributed by atoms with Crippen molar-refractivity contribution in [1.29, 1.82) is 0 Å². The van der Waals surface area contributed by atoms with Crippen LogP contribution in [0.15, 0.2) is 54.6 Å². The lowest BCUT2D eigenvalue weighted by molar-refractivity contribution is -0.150. The van der Waals surface area contributed by atoms with E-state index in [1.54, 1.807) is 54.7 Å². The van der Waals surface area contributed by atoms with E-state index >= 15 is 0 Å². The lowest BCUT2D eigenvalue weighted by Crippen LogP contribution is -2.57. The minimum absolute atomic E-state index is 0.0268. The molecular formula is C32H39N3O7. The normalized spacial score (nSPS) is 17.9. The molecule has 224 valence electrons. The van der Waals surface area contributed by atoms with Gasteiger partial charge in [0, 0.05) is 29.5 Å². The summed E-state index contributed by atoms with van der Waals surface area (Å²) in [5.74, 6) is -0.500. The number of aromatic nitrogens is 1. The van der Waals surface area contributed by atoms with Crippen LogP contribution in [-0.4, -0.2) is 70.4 Å². The number of ether oxygens (including phenoxy) is 3. The number of likely N-dealkylation sites (tertiary alicyclic amines) is 1. The summed E-state index contributed by atoms with van der Waals surface area (Å²) in [6.07, 6.45) is -1.29. The zero-order valence-corrected chi connectivity index (χ0v) is 25.1. The Morgan fingerprint density at radius 2 is 1.71 bits per heavy atom. The average Bonchev–Trinajstić information content (AvgIpc) is 3.34. The average molecular weight is 578 g/mol. The fourth-order valence-electron chi connectivity index (χ4n) is 4.94. The number of rotatable bonds is 7. The standard InChI is InChI=1S/C32H39N3O7/c1-31(2,3)27(34-30(39)42-32(4,5)6)28(36)35-18-21(16-25(35)29(37)38)41-26-17-23(19-11-9-8-10-12-19)33-24-15-20(40-7)13-14-22(24)26/h8-15,17,21,25,27H,16,18H2,1-7H3,(H,34,39)(H,37,38)/t21-,25?,27-/m1/s1. The molecule has 0 saturated carbocycles. The van der Waals surface area contributed by atoms with Crippen LogP contribution in [-0.2, 0) is 14.3 Å². The van der Waals surface area contributed by atoms with Crippen molar-refractivity contribution >= 4 is 28.9 Å². The van der Waals surface area contributed by atoms with Gasteiger partial charge in [-0.15, -0.1) is 0 Å². The quantitative estimate of drug-likeness (QED) is 0.388. The van der Waals surface area contributed by atoms with Crippen LogP contribution < -0.4 is 14.8 Å². The van der Waals surface area contributed by atoms with Gasteiger partial charge in [-0.3, -0.25) is 4.79 Å². The number of methoxy groups -OCH3 is 1. The van der Waals surface area contributed by atoms with Crippen molar-refractivity contribution in [2.24, 2.45) is 5.41 Å². The van der Waals surface area contributed by atoms with Crippen LogP contribution in [0.3, 0.4) is 0 Å². The van der Waals surface area contributed by atoms with Crippen molar-refractivity contribution in [2.45, 2.75) is 71.8 Å². The molecular weight excluding hydrogens is 538 g/mol. The van der Waals surface area contributed by atoms with Gasteiger partial charge in [0.15, 0.2) is 0 Å². The van der Waals surface area contributed by atoms with E-state index in [0.717, 1.165) is 10.9 Å². The predicted octanol–water partition coefficient (Wildman–Crippen LogP) is 5.28. The summed E-state index contributed by atoms with van der Waals surface area (Å²) in [6.45, 7) is 10.6. The first-order valence-corrected chi connectivity index (χ1v) is 13.9. The smallest absolute Gasteiger partial charge is 0.408 e. The molecule has 1 saturated heterocycles. The molecule has 0 spiro atoms. The number of carbonyl (C=O) groups excluding carboxylic acids is 2. The molecule has 2 amide bonds. The van der Waals surface area contributed by atoms with E-state index in [9.17, 15) is 19.5 Å². The van der Waals surface area contributed by atoms with Gasteiger partial charge in [-0.05, 0) is 38.3 Å². The molecule has 0 aliphatic carbocycles. The Balaban J connectivity index is 1.65. The van der Waals surface area contributed by atoms with Crippen LogP contribution in [0.4, 0.5) is 4.79 Å². The Kier molecular flexibility index (Phi) is 8.65. The van der Waals surface area contributed by atoms with Crippen LogP contribution in [0.5, 0.6) is 11.5 Å². The van der Waals surface area contributed by atoms with E-state index in [2.05, 4.69) is 5.32 Å². The Bertz CT molecular complexity index is 1460. The Hall–Kier alpha value is -4.34. The van der Waals surface area contributed by atoms with Gasteiger partial charge in [0.25, 0.3) is 0 Å². The third-order valence-corrected chi connectivity index (χ3v) is 6.95. The van der Waals surface area contributed by atoms with Gasteiger partial charge in [0.2, 0.25) is 5.91 Å². The first-order chi connectivity index (χ1) is 19.7. The van der Waals surface area contributed by atoms with Crippen molar-refractivity contribution < 1.29 is 33.7 Å². The van der Waals surface area contributed by atoms with Gasteiger partial charge in [-0.2, -0.15) is 0 Å². The largest absolute Gasteiger partial charge is 0.497 e. The summed E-state index contributed by atoms with van der Waals surface area (Å²) in [6, 6.07) is 14.8. The number of nitrogens with zero attached hydrogens (tertiary/aromatic N) is 2. The predicted molar refractivity (Wildman–Crippen MR) is 159 cm³/mol. The molecule has 0 bridgehead atoms. The van der Waals surface area contributed by atoms with Gasteiger partial charge in [-0.1, -0.05) is 51.1 Å². The number of hydrogen-bond donors (Lipinski definition) is 2. The van der Waals surface area contributed by atoms with Crippen LogP contribution in [0.25, 0.3) is 22.2 Å². The van der Waals surface area contributed by atoms with Gasteiger partial charge >= 0.3 is 12.1 Å². The molecule has 1 unspecified atom stereocenters. The number of carboxylic acids is 1. The van der Waals surface area contributed by atoms with Gasteiger partial charge in [-0.25, -0.2) is 14.6 Å². The number of amides is 2. The molecule has 4 rings (SSSR count). The molecule has 3 atom stereocenters. The summed E-state index contributed by atoms with van der Waals surface area (Å²) in [5, 5.41) is 13.5. The van der Waals surface area contributed by atoms with E-state index in [0.29, 0.717) is 22.7 Å². The molecule has 42 heavy (non-hydrogen) atoms. The van der Waals surface area contributed by atoms with Crippen molar-refractivity contribution in [3.8, 4) is 22.8 Å². The monoisotopic (exact) mass is 577 g/mol. The molecule has 10 nitrogen and oxygen atoms in total. The number of benzene rings is 2. The lowest BCUT2D eigenvalue weighted by atomic mass is 9.85. The zero-order valence-electron chi connectivity index (χ0n) is 25.1. The van der Waals surface area contributed by atoms with Gasteiger partial charge in [0.05, 0.1) is 24.9 Å². The number of alkyl carbamates (subject to hydrolysis) is 1. The van der Waals surface area contributed by atoms with Gasteiger partial charge in [0.1, 0.15) is 35.3 Å². The van der Waals surface area contributed by atoms with Crippen molar-refractivity contribution in [1.82, 2.24) is 15.2 Å². The number of nitrogens with one attached hydrogen (secondary N) is 1. The SMILES string of the molecule is COc1ccc2c(O[C@@H]3CC(C(=O)O)N(C(=O)[C@@H](NC(=O)OC(C)(C)C)C(C)(C)C)C3)cc(-c3ccccc3)nc2c1.